The molecule has 0 aliphatic carbocycles. The number of nitrogens with one attached hydrogen (secondary N) is 1. The third kappa shape index (κ3) is 1.71. The molecule has 1 aromatic heterocycles. The lowest BCUT2D eigenvalue weighted by Gasteiger charge is -2.33. The van der Waals surface area contributed by atoms with Gasteiger partial charge in [0.2, 0.25) is 0 Å². The lowest BCUT2D eigenvalue weighted by Crippen LogP contribution is -2.55. The summed E-state index contributed by atoms with van der Waals surface area (Å²) in [4.78, 5) is 16.9. The van der Waals surface area contributed by atoms with Crippen LogP contribution in [0.15, 0.2) is 11.6 Å². The predicted octanol–water partition coefficient (Wildman–Crippen LogP) is 0.00590. The normalized spacial score (nSPS) is 22.3. The van der Waals surface area contributed by atoms with E-state index in [1.165, 1.54) is 11.3 Å². The molecular formula is C8H11N3O2S. The van der Waals surface area contributed by atoms with Gasteiger partial charge in [0.1, 0.15) is 6.04 Å². The third-order valence-corrected chi connectivity index (χ3v) is 3.00. The molecule has 0 unspecified atom stereocenters. The first-order valence-electron chi connectivity index (χ1n) is 4.38. The number of anilines is 1. The van der Waals surface area contributed by atoms with Gasteiger partial charge in [0.15, 0.2) is 5.13 Å². The second kappa shape index (κ2) is 3.93. The minimum absolute atomic E-state index is 0.481. The molecule has 0 aromatic carbocycles. The molecule has 0 bridgehead atoms. The Morgan fingerprint density at radius 2 is 2.64 bits per heavy atom. The molecule has 14 heavy (non-hydrogen) atoms. The van der Waals surface area contributed by atoms with Crippen LogP contribution in [0.25, 0.3) is 0 Å². The van der Waals surface area contributed by atoms with Gasteiger partial charge >= 0.3 is 5.97 Å². The number of rotatable bonds is 2. The summed E-state index contributed by atoms with van der Waals surface area (Å²) >= 11 is 1.47. The van der Waals surface area contributed by atoms with Crippen molar-refractivity contribution >= 4 is 22.4 Å². The van der Waals surface area contributed by atoms with Crippen molar-refractivity contribution in [2.75, 3.05) is 24.5 Å². The quantitative estimate of drug-likeness (QED) is 0.724. The number of carboxylic acid groups (broad SMARTS) is 1. The molecule has 1 fully saturated rings. The predicted molar refractivity (Wildman–Crippen MR) is 53.8 cm³/mol. The summed E-state index contributed by atoms with van der Waals surface area (Å²) in [7, 11) is 0. The second-order valence-corrected chi connectivity index (χ2v) is 3.94. The lowest BCUT2D eigenvalue weighted by molar-refractivity contribution is -0.138. The molecule has 2 rings (SSSR count). The fraction of sp³-hybridized carbons (Fsp3) is 0.500. The number of carboxylic acids is 1. The number of aliphatic carboxylic acids is 1. The Labute approximate surface area is 85.4 Å². The third-order valence-electron chi connectivity index (χ3n) is 2.19. The second-order valence-electron chi connectivity index (χ2n) is 3.07. The van der Waals surface area contributed by atoms with Crippen molar-refractivity contribution < 1.29 is 9.90 Å². The van der Waals surface area contributed by atoms with E-state index in [4.69, 9.17) is 5.11 Å². The minimum Gasteiger partial charge on any atom is -0.480 e. The molecule has 76 valence electrons. The van der Waals surface area contributed by atoms with Gasteiger partial charge in [-0.25, -0.2) is 9.78 Å². The highest BCUT2D eigenvalue weighted by Gasteiger charge is 2.29. The standard InChI is InChI=1S/C8H11N3O2S/c12-7(13)6-5-9-1-3-11(6)8-10-2-4-14-8/h2,4,6,9H,1,3,5H2,(H,12,13)/t6-/m0/s1. The van der Waals surface area contributed by atoms with Gasteiger partial charge in [0.05, 0.1) is 0 Å². The summed E-state index contributed by atoms with van der Waals surface area (Å²) in [5, 5.41) is 14.7. The molecule has 2 heterocycles. The lowest BCUT2D eigenvalue weighted by atomic mass is 10.2. The van der Waals surface area contributed by atoms with Crippen LogP contribution in [-0.4, -0.2) is 41.7 Å². The molecule has 2 N–H and O–H groups in total. The first-order valence-corrected chi connectivity index (χ1v) is 5.26. The fourth-order valence-corrected chi connectivity index (χ4v) is 2.23. The van der Waals surface area contributed by atoms with Crippen LogP contribution in [0.5, 0.6) is 0 Å². The fourth-order valence-electron chi connectivity index (χ4n) is 1.51. The summed E-state index contributed by atoms with van der Waals surface area (Å²) < 4.78 is 0. The van der Waals surface area contributed by atoms with Gasteiger partial charge in [0, 0.05) is 31.2 Å². The first-order chi connectivity index (χ1) is 6.79. The van der Waals surface area contributed by atoms with Crippen molar-refractivity contribution in [1.29, 1.82) is 0 Å². The summed E-state index contributed by atoms with van der Waals surface area (Å²) in [5.74, 6) is -0.799. The average molecular weight is 213 g/mol. The van der Waals surface area contributed by atoms with Gasteiger partial charge in [-0.3, -0.25) is 0 Å². The summed E-state index contributed by atoms with van der Waals surface area (Å²) in [6.07, 6.45) is 1.70. The van der Waals surface area contributed by atoms with Crippen LogP contribution in [0.2, 0.25) is 0 Å². The highest BCUT2D eigenvalue weighted by atomic mass is 32.1. The monoisotopic (exact) mass is 213 g/mol. The summed E-state index contributed by atoms with van der Waals surface area (Å²) in [6.45, 7) is 1.99. The Morgan fingerprint density at radius 1 is 1.79 bits per heavy atom. The Morgan fingerprint density at radius 3 is 3.29 bits per heavy atom. The van der Waals surface area contributed by atoms with E-state index in [0.717, 1.165) is 11.7 Å². The largest absolute Gasteiger partial charge is 0.480 e. The van der Waals surface area contributed by atoms with Crippen molar-refractivity contribution in [3.8, 4) is 0 Å². The van der Waals surface area contributed by atoms with E-state index in [-0.39, 0.29) is 0 Å². The number of nitrogens with zero attached hydrogens (tertiary/aromatic N) is 2. The van der Waals surface area contributed by atoms with E-state index < -0.39 is 12.0 Å². The number of hydrogen-bond donors (Lipinski definition) is 2. The zero-order valence-electron chi connectivity index (χ0n) is 7.51. The maximum atomic E-state index is 11.0. The van der Waals surface area contributed by atoms with E-state index in [1.54, 1.807) is 6.20 Å². The van der Waals surface area contributed by atoms with Crippen molar-refractivity contribution in [2.45, 2.75) is 6.04 Å². The summed E-state index contributed by atoms with van der Waals surface area (Å²) in [6, 6.07) is -0.491. The SMILES string of the molecule is O=C(O)[C@@H]1CNCCN1c1nccs1. The van der Waals surface area contributed by atoms with E-state index in [9.17, 15) is 4.79 Å². The van der Waals surface area contributed by atoms with E-state index in [0.29, 0.717) is 13.1 Å². The Bertz CT molecular complexity index is 314. The van der Waals surface area contributed by atoms with Crippen LogP contribution >= 0.6 is 11.3 Å². The number of hydrogen-bond acceptors (Lipinski definition) is 5. The van der Waals surface area contributed by atoms with Crippen LogP contribution in [0.1, 0.15) is 0 Å². The number of piperazine rings is 1. The average Bonchev–Trinajstić information content (AvgIpc) is 2.70. The Hall–Kier alpha value is -1.14. The molecule has 0 amide bonds. The molecule has 1 aliphatic heterocycles. The van der Waals surface area contributed by atoms with Crippen LogP contribution in [0, 0.1) is 0 Å². The molecular weight excluding hydrogens is 202 g/mol. The van der Waals surface area contributed by atoms with E-state index in [2.05, 4.69) is 10.3 Å². The number of aromatic nitrogens is 1. The highest BCUT2D eigenvalue weighted by molar-refractivity contribution is 7.13. The Kier molecular flexibility index (Phi) is 2.64. The maximum Gasteiger partial charge on any atom is 0.327 e. The van der Waals surface area contributed by atoms with Crippen molar-refractivity contribution in [3.05, 3.63) is 11.6 Å². The van der Waals surface area contributed by atoms with Crippen molar-refractivity contribution in [2.24, 2.45) is 0 Å². The van der Waals surface area contributed by atoms with Crippen molar-refractivity contribution in [1.82, 2.24) is 10.3 Å². The van der Waals surface area contributed by atoms with Gasteiger partial charge in [-0.2, -0.15) is 0 Å². The van der Waals surface area contributed by atoms with Crippen LogP contribution < -0.4 is 10.2 Å². The minimum atomic E-state index is -0.799. The maximum absolute atomic E-state index is 11.0. The molecule has 1 aliphatic rings. The number of thiazole rings is 1. The Balaban J connectivity index is 2.18. The van der Waals surface area contributed by atoms with E-state index in [1.807, 2.05) is 10.3 Å². The molecule has 0 radical (unpaired) electrons. The van der Waals surface area contributed by atoms with E-state index >= 15 is 0 Å². The molecule has 5 nitrogen and oxygen atoms in total. The topological polar surface area (TPSA) is 65.5 Å². The van der Waals surface area contributed by atoms with Gasteiger partial charge in [0.25, 0.3) is 0 Å². The van der Waals surface area contributed by atoms with Crippen molar-refractivity contribution in [3.63, 3.8) is 0 Å². The van der Waals surface area contributed by atoms with Gasteiger partial charge < -0.3 is 15.3 Å². The summed E-state index contributed by atoms with van der Waals surface area (Å²) in [5.41, 5.74) is 0. The molecule has 6 heteroatoms. The highest BCUT2D eigenvalue weighted by Crippen LogP contribution is 2.20. The van der Waals surface area contributed by atoms with Gasteiger partial charge in [-0.1, -0.05) is 0 Å². The molecule has 1 aromatic rings. The zero-order valence-corrected chi connectivity index (χ0v) is 8.33. The number of carbonyl (C=O) groups is 1. The zero-order chi connectivity index (χ0) is 9.97. The molecule has 1 atom stereocenters. The molecule has 1 saturated heterocycles. The van der Waals surface area contributed by atoms with Crippen LogP contribution in [0.3, 0.4) is 0 Å². The smallest absolute Gasteiger partial charge is 0.327 e. The van der Waals surface area contributed by atoms with Gasteiger partial charge in [-0.15, -0.1) is 11.3 Å². The molecule has 0 spiro atoms. The van der Waals surface area contributed by atoms with Crippen LogP contribution in [0.4, 0.5) is 5.13 Å². The first kappa shape index (κ1) is 9.42. The van der Waals surface area contributed by atoms with Crippen LogP contribution in [-0.2, 0) is 4.79 Å². The van der Waals surface area contributed by atoms with Gasteiger partial charge in [-0.05, 0) is 0 Å². The molecule has 0 saturated carbocycles.